The van der Waals surface area contributed by atoms with Gasteiger partial charge in [0.25, 0.3) is 0 Å². The number of ether oxygens (including phenoxy) is 1. The molecule has 0 spiro atoms. The maximum absolute atomic E-state index is 11.8. The van der Waals surface area contributed by atoms with E-state index in [0.29, 0.717) is 13.1 Å². The average molecular weight is 305 g/mol. The lowest BCUT2D eigenvalue weighted by atomic mass is 10.2. The molecule has 6 nitrogen and oxygen atoms in total. The number of carbonyl (C=O) groups is 2. The summed E-state index contributed by atoms with van der Waals surface area (Å²) in [6, 6.07) is 8.00. The highest BCUT2D eigenvalue weighted by Crippen LogP contribution is 2.23. The molecule has 0 saturated carbocycles. The van der Waals surface area contributed by atoms with Gasteiger partial charge in [-0.1, -0.05) is 0 Å². The van der Waals surface area contributed by atoms with E-state index in [1.165, 1.54) is 32.6 Å². The monoisotopic (exact) mass is 305 g/mol. The largest absolute Gasteiger partial charge is 0.453 e. The lowest BCUT2D eigenvalue weighted by Gasteiger charge is -2.23. The van der Waals surface area contributed by atoms with Crippen LogP contribution in [0.15, 0.2) is 24.3 Å². The molecule has 1 aromatic rings. The van der Waals surface area contributed by atoms with Crippen LogP contribution in [-0.4, -0.2) is 45.3 Å². The second-order valence-electron chi connectivity index (χ2n) is 5.30. The molecule has 0 aromatic heterocycles. The van der Waals surface area contributed by atoms with Gasteiger partial charge < -0.3 is 19.9 Å². The summed E-state index contributed by atoms with van der Waals surface area (Å²) < 4.78 is 4.51. The third-order valence-corrected chi connectivity index (χ3v) is 3.80. The van der Waals surface area contributed by atoms with Crippen LogP contribution in [0.4, 0.5) is 16.2 Å². The fourth-order valence-corrected chi connectivity index (χ4v) is 2.63. The van der Waals surface area contributed by atoms with E-state index < -0.39 is 6.09 Å². The summed E-state index contributed by atoms with van der Waals surface area (Å²) in [7, 11) is 1.31. The van der Waals surface area contributed by atoms with Crippen LogP contribution in [-0.2, 0) is 9.53 Å². The normalized spacial score (nSPS) is 13.8. The Bertz CT molecular complexity index is 510. The fourth-order valence-electron chi connectivity index (χ4n) is 2.63. The molecule has 22 heavy (non-hydrogen) atoms. The van der Waals surface area contributed by atoms with Crippen LogP contribution in [0.1, 0.15) is 19.8 Å². The zero-order valence-corrected chi connectivity index (χ0v) is 13.2. The quantitative estimate of drug-likeness (QED) is 0.904. The van der Waals surface area contributed by atoms with Crippen LogP contribution in [0, 0.1) is 0 Å². The first-order valence-electron chi connectivity index (χ1n) is 7.57. The van der Waals surface area contributed by atoms with Gasteiger partial charge in [0.1, 0.15) is 0 Å². The molecule has 1 aliphatic heterocycles. The van der Waals surface area contributed by atoms with Crippen LogP contribution in [0.25, 0.3) is 0 Å². The van der Waals surface area contributed by atoms with E-state index in [4.69, 9.17) is 0 Å². The van der Waals surface area contributed by atoms with Crippen LogP contribution >= 0.6 is 0 Å². The smallest absolute Gasteiger partial charge is 0.406 e. The molecule has 0 radical (unpaired) electrons. The third kappa shape index (κ3) is 4.13. The molecule has 1 heterocycles. The van der Waals surface area contributed by atoms with E-state index in [1.807, 2.05) is 24.3 Å². The lowest BCUT2D eigenvalue weighted by molar-refractivity contribution is -0.116. The van der Waals surface area contributed by atoms with Gasteiger partial charge in [0.2, 0.25) is 5.91 Å². The number of hydrogen-bond acceptors (Lipinski definition) is 4. The summed E-state index contributed by atoms with van der Waals surface area (Å²) in [4.78, 5) is 26.8. The topological polar surface area (TPSA) is 61.9 Å². The van der Waals surface area contributed by atoms with Crippen molar-refractivity contribution < 1.29 is 14.3 Å². The van der Waals surface area contributed by atoms with Crippen molar-refractivity contribution in [2.24, 2.45) is 0 Å². The number of nitrogens with one attached hydrogen (secondary N) is 1. The number of carbonyl (C=O) groups excluding carboxylic acids is 2. The summed E-state index contributed by atoms with van der Waals surface area (Å²) in [6.07, 6.45) is 1.98. The van der Waals surface area contributed by atoms with Gasteiger partial charge in [-0.2, -0.15) is 0 Å². The van der Waals surface area contributed by atoms with Gasteiger partial charge in [0.05, 0.1) is 7.11 Å². The Morgan fingerprint density at radius 2 is 1.86 bits per heavy atom. The Hall–Kier alpha value is -2.24. The van der Waals surface area contributed by atoms with Crippen molar-refractivity contribution in [3.05, 3.63) is 24.3 Å². The van der Waals surface area contributed by atoms with Gasteiger partial charge in [0.15, 0.2) is 0 Å². The van der Waals surface area contributed by atoms with Crippen molar-refractivity contribution in [3.8, 4) is 0 Å². The number of alkyl carbamates (subject to hydrolysis) is 1. The SMILES string of the molecule is COC(=O)NCCN(C(C)=O)c1ccc(N2CCCC2)cc1. The van der Waals surface area contributed by atoms with E-state index in [0.717, 1.165) is 18.8 Å². The number of hydrogen-bond donors (Lipinski definition) is 1. The van der Waals surface area contributed by atoms with Crippen molar-refractivity contribution in [1.82, 2.24) is 5.32 Å². The Morgan fingerprint density at radius 1 is 1.23 bits per heavy atom. The predicted molar refractivity (Wildman–Crippen MR) is 86.3 cm³/mol. The van der Waals surface area contributed by atoms with Crippen LogP contribution in [0.5, 0.6) is 0 Å². The second kappa shape index (κ2) is 7.68. The molecule has 1 aromatic carbocycles. The van der Waals surface area contributed by atoms with Crippen molar-refractivity contribution in [2.45, 2.75) is 19.8 Å². The Balaban J connectivity index is 1.98. The average Bonchev–Trinajstić information content (AvgIpc) is 3.05. The maximum atomic E-state index is 11.8. The first-order chi connectivity index (χ1) is 10.6. The summed E-state index contributed by atoms with van der Waals surface area (Å²) in [5.74, 6) is -0.0550. The van der Waals surface area contributed by atoms with Crippen LogP contribution < -0.4 is 15.1 Å². The summed E-state index contributed by atoms with van der Waals surface area (Å²) in [5, 5.41) is 2.58. The molecule has 2 rings (SSSR count). The molecule has 0 bridgehead atoms. The number of methoxy groups -OCH3 is 1. The molecule has 1 fully saturated rings. The molecule has 6 heteroatoms. The molecule has 0 unspecified atom stereocenters. The standard InChI is InChI=1S/C16H23N3O3/c1-13(20)19(12-9-17-16(21)22-2)15-7-5-14(6-8-15)18-10-3-4-11-18/h5-8H,3-4,9-12H2,1-2H3,(H,17,21). The highest BCUT2D eigenvalue weighted by Gasteiger charge is 2.15. The first kappa shape index (κ1) is 16.1. The Labute approximate surface area is 131 Å². The fraction of sp³-hybridized carbons (Fsp3) is 0.500. The number of anilines is 2. The highest BCUT2D eigenvalue weighted by atomic mass is 16.5. The zero-order chi connectivity index (χ0) is 15.9. The van der Waals surface area contributed by atoms with Crippen LogP contribution in [0.3, 0.4) is 0 Å². The van der Waals surface area contributed by atoms with Crippen molar-refractivity contribution in [3.63, 3.8) is 0 Å². The van der Waals surface area contributed by atoms with Gasteiger partial charge in [-0.15, -0.1) is 0 Å². The van der Waals surface area contributed by atoms with E-state index in [9.17, 15) is 9.59 Å². The molecular formula is C16H23N3O3. The zero-order valence-electron chi connectivity index (χ0n) is 13.2. The van der Waals surface area contributed by atoms with E-state index in [1.54, 1.807) is 4.90 Å². The number of amides is 2. The van der Waals surface area contributed by atoms with Gasteiger partial charge in [-0.25, -0.2) is 4.79 Å². The molecule has 0 atom stereocenters. The minimum Gasteiger partial charge on any atom is -0.453 e. The van der Waals surface area contributed by atoms with Gasteiger partial charge >= 0.3 is 6.09 Å². The molecule has 0 aliphatic carbocycles. The van der Waals surface area contributed by atoms with Gasteiger partial charge in [0, 0.05) is 44.5 Å². The van der Waals surface area contributed by atoms with Crippen molar-refractivity contribution in [2.75, 3.05) is 43.1 Å². The first-order valence-corrected chi connectivity index (χ1v) is 7.57. The molecule has 1 N–H and O–H groups in total. The van der Waals surface area contributed by atoms with Crippen molar-refractivity contribution in [1.29, 1.82) is 0 Å². The van der Waals surface area contributed by atoms with E-state index >= 15 is 0 Å². The minimum absolute atomic E-state index is 0.0550. The van der Waals surface area contributed by atoms with E-state index in [2.05, 4.69) is 15.0 Å². The number of rotatable bonds is 5. The Kier molecular flexibility index (Phi) is 5.63. The summed E-state index contributed by atoms with van der Waals surface area (Å²) in [6.45, 7) is 4.47. The lowest BCUT2D eigenvalue weighted by Crippen LogP contribution is -2.37. The van der Waals surface area contributed by atoms with Gasteiger partial charge in [-0.3, -0.25) is 4.79 Å². The van der Waals surface area contributed by atoms with Crippen molar-refractivity contribution >= 4 is 23.4 Å². The van der Waals surface area contributed by atoms with E-state index in [-0.39, 0.29) is 5.91 Å². The predicted octanol–water partition coefficient (Wildman–Crippen LogP) is 2.00. The molecular weight excluding hydrogens is 282 g/mol. The Morgan fingerprint density at radius 3 is 2.41 bits per heavy atom. The number of benzene rings is 1. The molecule has 2 amide bonds. The molecule has 1 aliphatic rings. The molecule has 1 saturated heterocycles. The third-order valence-electron chi connectivity index (χ3n) is 3.80. The summed E-state index contributed by atoms with van der Waals surface area (Å²) in [5.41, 5.74) is 2.03. The number of nitrogens with zero attached hydrogens (tertiary/aromatic N) is 2. The second-order valence-corrected chi connectivity index (χ2v) is 5.30. The summed E-state index contributed by atoms with van der Waals surface area (Å²) >= 11 is 0. The minimum atomic E-state index is -0.493. The maximum Gasteiger partial charge on any atom is 0.406 e. The molecule has 120 valence electrons. The highest BCUT2D eigenvalue weighted by molar-refractivity contribution is 5.91. The van der Waals surface area contributed by atoms with Gasteiger partial charge in [-0.05, 0) is 37.1 Å². The van der Waals surface area contributed by atoms with Crippen LogP contribution in [0.2, 0.25) is 0 Å².